The van der Waals surface area contributed by atoms with Crippen molar-refractivity contribution in [2.24, 2.45) is 0 Å². The SMILES string of the molecule is CCCCCCCc1ccc2ccc(CCCCCCC)c(S(=O)(=O)[O-])c2c1.CCCCCCCc1ccc2ccc(CCCCCCC)c(S(=O)(=O)[O-])c2c1.[Ca+2]. The number of benzene rings is 4. The second-order valence-electron chi connectivity index (χ2n) is 15.8. The molecule has 4 aromatic carbocycles. The van der Waals surface area contributed by atoms with E-state index in [0.717, 1.165) is 86.1 Å². The van der Waals surface area contributed by atoms with Crippen molar-refractivity contribution >= 4 is 79.5 Å². The van der Waals surface area contributed by atoms with E-state index in [2.05, 4.69) is 39.8 Å². The van der Waals surface area contributed by atoms with Crippen LogP contribution in [0.3, 0.4) is 0 Å². The summed E-state index contributed by atoms with van der Waals surface area (Å²) in [4.78, 5) is 0.0154. The normalized spacial score (nSPS) is 11.8. The van der Waals surface area contributed by atoms with Gasteiger partial charge in [-0.05, 0) is 107 Å². The summed E-state index contributed by atoms with van der Waals surface area (Å²) in [6.07, 6.45) is 26.3. The number of aryl methyl sites for hydroxylation is 4. The Hall–Kier alpha value is -1.52. The molecule has 0 N–H and O–H groups in total. The van der Waals surface area contributed by atoms with Gasteiger partial charge in [-0.25, -0.2) is 16.8 Å². The molecule has 0 aliphatic rings. The Bertz CT molecular complexity index is 1820. The van der Waals surface area contributed by atoms with Gasteiger partial charge in [0.1, 0.15) is 20.2 Å². The zero-order valence-corrected chi connectivity index (χ0v) is 39.6. The average Bonchev–Trinajstić information content (AvgIpc) is 3.16. The number of hydrogen-bond donors (Lipinski definition) is 0. The molecule has 0 aliphatic carbocycles. The third-order valence-electron chi connectivity index (χ3n) is 11.0. The zero-order chi connectivity index (χ0) is 40.8. The zero-order valence-electron chi connectivity index (χ0n) is 35.7. The van der Waals surface area contributed by atoms with Crippen molar-refractivity contribution in [1.29, 1.82) is 0 Å². The first kappa shape index (κ1) is 51.6. The molecule has 0 radical (unpaired) electrons. The van der Waals surface area contributed by atoms with E-state index < -0.39 is 20.2 Å². The van der Waals surface area contributed by atoms with Gasteiger partial charge in [0.15, 0.2) is 0 Å². The molecule has 9 heteroatoms. The number of rotatable bonds is 26. The monoisotopic (exact) mass is 846 g/mol. The minimum atomic E-state index is -4.51. The van der Waals surface area contributed by atoms with Crippen LogP contribution in [0.4, 0.5) is 0 Å². The molecule has 0 heterocycles. The van der Waals surface area contributed by atoms with Crippen LogP contribution < -0.4 is 0 Å². The van der Waals surface area contributed by atoms with Crippen LogP contribution in [0.2, 0.25) is 0 Å². The summed E-state index contributed by atoms with van der Waals surface area (Å²) in [5.41, 5.74) is 3.60. The Morgan fingerprint density at radius 3 is 0.965 bits per heavy atom. The van der Waals surface area contributed by atoms with Crippen molar-refractivity contribution in [2.45, 2.75) is 192 Å². The summed E-state index contributed by atoms with van der Waals surface area (Å²) in [7, 11) is -9.01. The first-order valence-corrected chi connectivity index (χ1v) is 24.8. The molecule has 0 atom stereocenters. The van der Waals surface area contributed by atoms with Gasteiger partial charge in [0.25, 0.3) is 0 Å². The summed E-state index contributed by atoms with van der Waals surface area (Å²) in [6.45, 7) is 8.75. The molecular weight excluding hydrogens is 777 g/mol. The van der Waals surface area contributed by atoms with Gasteiger partial charge < -0.3 is 9.11 Å². The molecule has 0 saturated heterocycles. The molecule has 312 valence electrons. The number of hydrogen-bond acceptors (Lipinski definition) is 6. The summed E-state index contributed by atoms with van der Waals surface area (Å²) >= 11 is 0. The molecule has 6 nitrogen and oxygen atoms in total. The summed E-state index contributed by atoms with van der Waals surface area (Å²) in [6, 6.07) is 19.5. The second kappa shape index (κ2) is 28.1. The third-order valence-corrected chi connectivity index (χ3v) is 12.9. The van der Waals surface area contributed by atoms with Crippen LogP contribution in [0.25, 0.3) is 21.5 Å². The smallest absolute Gasteiger partial charge is 0.744 e. The Morgan fingerprint density at radius 2 is 0.667 bits per heavy atom. The van der Waals surface area contributed by atoms with Crippen molar-refractivity contribution in [3.05, 3.63) is 82.9 Å². The standard InChI is InChI=1S/2C24H36O3S.Ca/c2*1-3-5-7-9-11-13-20-15-16-21-17-18-22(14-12-10-8-6-4-2)24(23(21)19-20)28(25,26)27;/h2*15-19H,3-14H2,1-2H3,(H,25,26,27);/q;;+2/p-2. The molecule has 0 unspecified atom stereocenters. The molecule has 0 amide bonds. The van der Waals surface area contributed by atoms with Crippen molar-refractivity contribution in [3.8, 4) is 0 Å². The van der Waals surface area contributed by atoms with Gasteiger partial charge in [-0.3, -0.25) is 0 Å². The quantitative estimate of drug-likeness (QED) is 0.0353. The van der Waals surface area contributed by atoms with Crippen molar-refractivity contribution in [1.82, 2.24) is 0 Å². The van der Waals surface area contributed by atoms with E-state index in [-0.39, 0.29) is 47.5 Å². The summed E-state index contributed by atoms with van der Waals surface area (Å²) in [5.74, 6) is 0. The van der Waals surface area contributed by atoms with E-state index in [1.165, 1.54) is 77.0 Å². The summed E-state index contributed by atoms with van der Waals surface area (Å²) < 4.78 is 72.5. The number of fused-ring (bicyclic) bond motifs is 2. The van der Waals surface area contributed by atoms with Gasteiger partial charge in [0.2, 0.25) is 0 Å². The topological polar surface area (TPSA) is 114 Å². The fraction of sp³-hybridized carbons (Fsp3) is 0.583. The van der Waals surface area contributed by atoms with E-state index in [9.17, 15) is 25.9 Å². The minimum Gasteiger partial charge on any atom is -0.744 e. The Morgan fingerprint density at radius 1 is 0.386 bits per heavy atom. The van der Waals surface area contributed by atoms with Crippen LogP contribution in [0, 0.1) is 0 Å². The molecule has 0 fully saturated rings. The first-order chi connectivity index (χ1) is 26.9. The minimum absolute atomic E-state index is 0. The van der Waals surface area contributed by atoms with Crippen molar-refractivity contribution in [3.63, 3.8) is 0 Å². The van der Waals surface area contributed by atoms with Gasteiger partial charge in [0.05, 0.1) is 9.79 Å². The predicted octanol–water partition coefficient (Wildman–Crippen LogP) is 13.2. The maximum Gasteiger partial charge on any atom is 2.00 e. The summed E-state index contributed by atoms with van der Waals surface area (Å²) in [5, 5.41) is 2.87. The number of unbranched alkanes of at least 4 members (excludes halogenated alkanes) is 16. The molecule has 0 bridgehead atoms. The van der Waals surface area contributed by atoms with Crippen LogP contribution >= 0.6 is 0 Å². The van der Waals surface area contributed by atoms with Crippen molar-refractivity contribution < 1.29 is 25.9 Å². The van der Waals surface area contributed by atoms with Gasteiger partial charge in [-0.15, -0.1) is 0 Å². The molecule has 0 saturated carbocycles. The molecule has 0 spiro atoms. The predicted molar refractivity (Wildman–Crippen MR) is 239 cm³/mol. The second-order valence-corrected chi connectivity index (χ2v) is 18.4. The van der Waals surface area contributed by atoms with E-state index in [1.54, 1.807) is 0 Å². The van der Waals surface area contributed by atoms with E-state index in [0.29, 0.717) is 34.7 Å². The van der Waals surface area contributed by atoms with Crippen LogP contribution in [0.5, 0.6) is 0 Å². The van der Waals surface area contributed by atoms with Gasteiger partial charge in [-0.2, -0.15) is 0 Å². The van der Waals surface area contributed by atoms with E-state index >= 15 is 0 Å². The molecule has 0 aliphatic heterocycles. The Kier molecular flexibility index (Phi) is 25.4. The van der Waals surface area contributed by atoms with Gasteiger partial charge >= 0.3 is 37.7 Å². The Balaban J connectivity index is 0.000000387. The van der Waals surface area contributed by atoms with Gasteiger partial charge in [-0.1, -0.05) is 179 Å². The maximum absolute atomic E-state index is 12.1. The molecular formula is C48H70CaO6S2. The first-order valence-electron chi connectivity index (χ1n) is 21.9. The largest absolute Gasteiger partial charge is 2.00 e. The molecule has 4 aromatic rings. The average molecular weight is 847 g/mol. The van der Waals surface area contributed by atoms with Gasteiger partial charge in [0, 0.05) is 0 Å². The fourth-order valence-electron chi connectivity index (χ4n) is 7.77. The molecule has 4 rings (SSSR count). The molecule has 0 aromatic heterocycles. The van der Waals surface area contributed by atoms with Crippen LogP contribution in [0.15, 0.2) is 70.5 Å². The van der Waals surface area contributed by atoms with Crippen LogP contribution in [-0.4, -0.2) is 63.7 Å². The fourth-order valence-corrected chi connectivity index (χ4v) is 9.64. The maximum atomic E-state index is 12.1. The van der Waals surface area contributed by atoms with Crippen LogP contribution in [-0.2, 0) is 45.9 Å². The van der Waals surface area contributed by atoms with E-state index in [4.69, 9.17) is 0 Å². The molecule has 57 heavy (non-hydrogen) atoms. The Labute approximate surface area is 376 Å². The third kappa shape index (κ3) is 18.3. The van der Waals surface area contributed by atoms with E-state index in [1.807, 2.05) is 48.5 Å². The van der Waals surface area contributed by atoms with Crippen LogP contribution in [0.1, 0.15) is 178 Å². The van der Waals surface area contributed by atoms with Crippen molar-refractivity contribution in [2.75, 3.05) is 0 Å².